The summed E-state index contributed by atoms with van der Waals surface area (Å²) in [7, 11) is 0. The number of alkyl halides is 10. The van der Waals surface area contributed by atoms with Gasteiger partial charge in [0.25, 0.3) is 0 Å². The lowest BCUT2D eigenvalue weighted by molar-refractivity contribution is -0.269. The molecule has 0 saturated carbocycles. The molecule has 0 spiro atoms. The van der Waals surface area contributed by atoms with E-state index in [0.29, 0.717) is 0 Å². The second-order valence-corrected chi connectivity index (χ2v) is 3.09. The van der Waals surface area contributed by atoms with Crippen LogP contribution in [0.1, 0.15) is 0 Å². The highest BCUT2D eigenvalue weighted by Gasteiger charge is 2.63. The molecule has 0 nitrogen and oxygen atoms in total. The van der Waals surface area contributed by atoms with Crippen molar-refractivity contribution in [1.82, 2.24) is 0 Å². The molecule has 17 heavy (non-hydrogen) atoms. The summed E-state index contributed by atoms with van der Waals surface area (Å²) >= 11 is 4.16. The monoisotopic (exact) mass is 298 g/mol. The average molecular weight is 299 g/mol. The van der Waals surface area contributed by atoms with Gasteiger partial charge in [-0.1, -0.05) is 11.6 Å². The van der Waals surface area contributed by atoms with Crippen LogP contribution in [0.3, 0.4) is 0 Å². The summed E-state index contributed by atoms with van der Waals surface area (Å²) in [5.74, 6) is -11.9. The molecular formula is C6HClF10. The maximum Gasteiger partial charge on any atom is 0.459 e. The van der Waals surface area contributed by atoms with Crippen molar-refractivity contribution >= 4 is 11.6 Å². The standard InChI is InChI=1S/C6HClF10/c7-2(4(10,11)6(15,16)17)1-3(8,9)5(12,13)14/h1H. The van der Waals surface area contributed by atoms with Crippen LogP contribution in [0.2, 0.25) is 0 Å². The molecule has 0 aliphatic rings. The van der Waals surface area contributed by atoms with E-state index in [1.165, 1.54) is 0 Å². The maximum atomic E-state index is 12.2. The fourth-order valence-corrected chi connectivity index (χ4v) is 0.711. The van der Waals surface area contributed by atoms with Crippen molar-refractivity contribution < 1.29 is 43.9 Å². The fourth-order valence-electron chi connectivity index (χ4n) is 0.467. The minimum Gasteiger partial charge on any atom is -0.191 e. The summed E-state index contributed by atoms with van der Waals surface area (Å²) < 4.78 is 118. The lowest BCUT2D eigenvalue weighted by Gasteiger charge is -2.21. The first-order valence-corrected chi connectivity index (χ1v) is 3.78. The molecule has 11 heteroatoms. The highest BCUT2D eigenvalue weighted by molar-refractivity contribution is 6.30. The number of rotatable bonds is 2. The molecule has 0 unspecified atom stereocenters. The number of halogens is 11. The van der Waals surface area contributed by atoms with Crippen LogP contribution in [0.15, 0.2) is 11.1 Å². The van der Waals surface area contributed by atoms with E-state index in [-0.39, 0.29) is 0 Å². The second-order valence-electron chi connectivity index (χ2n) is 2.69. The first kappa shape index (κ1) is 16.3. The molecule has 0 amide bonds. The molecule has 0 N–H and O–H groups in total. The second kappa shape index (κ2) is 4.21. The van der Waals surface area contributed by atoms with Gasteiger partial charge in [0, 0.05) is 6.08 Å². The van der Waals surface area contributed by atoms with E-state index in [1.807, 2.05) is 0 Å². The van der Waals surface area contributed by atoms with Gasteiger partial charge in [-0.05, 0) is 0 Å². The van der Waals surface area contributed by atoms with Crippen LogP contribution in [-0.2, 0) is 0 Å². The molecule has 0 aromatic rings. The first-order valence-electron chi connectivity index (χ1n) is 3.41. The molecule has 0 bridgehead atoms. The van der Waals surface area contributed by atoms with E-state index in [0.717, 1.165) is 0 Å². The molecular weight excluding hydrogens is 297 g/mol. The molecule has 0 aromatic heterocycles. The topological polar surface area (TPSA) is 0 Å². The Balaban J connectivity index is 5.40. The van der Waals surface area contributed by atoms with Crippen LogP contribution in [-0.4, -0.2) is 24.2 Å². The van der Waals surface area contributed by atoms with E-state index in [4.69, 9.17) is 0 Å². The quantitative estimate of drug-likeness (QED) is 0.658. The van der Waals surface area contributed by atoms with Gasteiger partial charge in [-0.3, -0.25) is 0 Å². The number of hydrogen-bond acceptors (Lipinski definition) is 0. The van der Waals surface area contributed by atoms with Crippen LogP contribution in [0.25, 0.3) is 0 Å². The predicted octanol–water partition coefficient (Wildman–Crippen LogP) is 4.50. The van der Waals surface area contributed by atoms with E-state index in [9.17, 15) is 43.9 Å². The number of allylic oxidation sites excluding steroid dienone is 2. The minimum atomic E-state index is -6.37. The van der Waals surface area contributed by atoms with Gasteiger partial charge in [-0.25, -0.2) is 0 Å². The molecule has 0 aliphatic carbocycles. The van der Waals surface area contributed by atoms with Crippen molar-refractivity contribution in [3.63, 3.8) is 0 Å². The minimum absolute atomic E-state index is 1.68. The number of hydrogen-bond donors (Lipinski definition) is 0. The van der Waals surface area contributed by atoms with Crippen LogP contribution in [0.5, 0.6) is 0 Å². The Hall–Kier alpha value is -0.670. The molecule has 102 valence electrons. The normalized spacial score (nSPS) is 16.3. The van der Waals surface area contributed by atoms with Crippen molar-refractivity contribution in [3.8, 4) is 0 Å². The lowest BCUT2D eigenvalue weighted by atomic mass is 10.2. The van der Waals surface area contributed by atoms with Crippen molar-refractivity contribution in [2.45, 2.75) is 24.2 Å². The fraction of sp³-hybridized carbons (Fsp3) is 0.667. The maximum absolute atomic E-state index is 12.2. The predicted molar refractivity (Wildman–Crippen MR) is 35.9 cm³/mol. The summed E-state index contributed by atoms with van der Waals surface area (Å²) in [5.41, 5.74) is 0. The highest BCUT2D eigenvalue weighted by Crippen LogP contribution is 2.46. The Kier molecular flexibility index (Phi) is 4.05. The van der Waals surface area contributed by atoms with Crippen LogP contribution >= 0.6 is 11.6 Å². The smallest absolute Gasteiger partial charge is 0.191 e. The molecule has 0 aliphatic heterocycles. The summed E-state index contributed by atoms with van der Waals surface area (Å²) in [5, 5.41) is -2.95. The van der Waals surface area contributed by atoms with Gasteiger partial charge in [0.15, 0.2) is 0 Å². The van der Waals surface area contributed by atoms with Gasteiger partial charge in [-0.15, -0.1) is 0 Å². The molecule has 0 saturated heterocycles. The molecule has 0 rings (SSSR count). The third-order valence-corrected chi connectivity index (χ3v) is 1.69. The Labute approximate surface area is 91.8 Å². The molecule has 0 aromatic carbocycles. The third kappa shape index (κ3) is 3.39. The zero-order chi connectivity index (χ0) is 14.3. The summed E-state index contributed by atoms with van der Waals surface area (Å²) in [6, 6.07) is 0. The van der Waals surface area contributed by atoms with Gasteiger partial charge < -0.3 is 0 Å². The first-order chi connectivity index (χ1) is 7.13. The van der Waals surface area contributed by atoms with Gasteiger partial charge in [-0.2, -0.15) is 43.9 Å². The summed E-state index contributed by atoms with van der Waals surface area (Å²) in [6.07, 6.45) is -14.4. The summed E-state index contributed by atoms with van der Waals surface area (Å²) in [6.45, 7) is 0. The molecule has 0 atom stereocenters. The highest BCUT2D eigenvalue weighted by atomic mass is 35.5. The van der Waals surface area contributed by atoms with Gasteiger partial charge in [0.05, 0.1) is 5.03 Å². The van der Waals surface area contributed by atoms with E-state index >= 15 is 0 Å². The summed E-state index contributed by atoms with van der Waals surface area (Å²) in [4.78, 5) is 0. The van der Waals surface area contributed by atoms with Crippen molar-refractivity contribution in [3.05, 3.63) is 11.1 Å². The van der Waals surface area contributed by atoms with Crippen molar-refractivity contribution in [2.75, 3.05) is 0 Å². The third-order valence-electron chi connectivity index (χ3n) is 1.34. The molecule has 0 radical (unpaired) electrons. The lowest BCUT2D eigenvalue weighted by Crippen LogP contribution is -2.40. The van der Waals surface area contributed by atoms with E-state index in [1.54, 1.807) is 0 Å². The van der Waals surface area contributed by atoms with Gasteiger partial charge >= 0.3 is 24.2 Å². The molecule has 0 heterocycles. The van der Waals surface area contributed by atoms with E-state index in [2.05, 4.69) is 11.6 Å². The van der Waals surface area contributed by atoms with Crippen molar-refractivity contribution in [2.24, 2.45) is 0 Å². The Morgan fingerprint density at radius 2 is 1.06 bits per heavy atom. The largest absolute Gasteiger partial charge is 0.459 e. The Morgan fingerprint density at radius 3 is 1.29 bits per heavy atom. The average Bonchev–Trinajstić information content (AvgIpc) is 1.98. The zero-order valence-corrected chi connectivity index (χ0v) is 7.99. The van der Waals surface area contributed by atoms with Gasteiger partial charge in [0.2, 0.25) is 0 Å². The van der Waals surface area contributed by atoms with Crippen molar-refractivity contribution in [1.29, 1.82) is 0 Å². The Bertz CT molecular complexity index is 308. The van der Waals surface area contributed by atoms with Crippen LogP contribution in [0.4, 0.5) is 43.9 Å². The van der Waals surface area contributed by atoms with Gasteiger partial charge in [0.1, 0.15) is 0 Å². The van der Waals surface area contributed by atoms with Crippen LogP contribution < -0.4 is 0 Å². The molecule has 0 fully saturated rings. The Morgan fingerprint density at radius 1 is 0.706 bits per heavy atom. The van der Waals surface area contributed by atoms with Crippen LogP contribution in [0, 0.1) is 0 Å². The zero-order valence-electron chi connectivity index (χ0n) is 7.23. The SMILES string of the molecule is FC(F)(F)C(F)(F)C=C(Cl)C(F)(F)C(F)(F)F. The van der Waals surface area contributed by atoms with E-state index < -0.39 is 35.3 Å².